The van der Waals surface area contributed by atoms with Crippen LogP contribution in [0.3, 0.4) is 0 Å². The molecule has 1 fully saturated rings. The monoisotopic (exact) mass is 242 g/mol. The molecular formula is C10H14N2O3S. The summed E-state index contributed by atoms with van der Waals surface area (Å²) in [6.07, 6.45) is 1.91. The molecule has 1 saturated heterocycles. The number of thiazole rings is 1. The zero-order chi connectivity index (χ0) is 11.5. The van der Waals surface area contributed by atoms with E-state index in [0.29, 0.717) is 11.6 Å². The van der Waals surface area contributed by atoms with Gasteiger partial charge in [0.15, 0.2) is 0 Å². The fraction of sp³-hybridized carbons (Fsp3) is 0.600. The van der Waals surface area contributed by atoms with E-state index < -0.39 is 12.0 Å². The topological polar surface area (TPSA) is 85.4 Å². The quantitative estimate of drug-likeness (QED) is 0.816. The van der Waals surface area contributed by atoms with Crippen LogP contribution in [0, 0.1) is 5.92 Å². The van der Waals surface area contributed by atoms with E-state index in [1.54, 1.807) is 5.38 Å². The van der Waals surface area contributed by atoms with E-state index in [1.807, 2.05) is 0 Å². The van der Waals surface area contributed by atoms with Crippen LogP contribution in [0.25, 0.3) is 0 Å². The molecule has 1 aliphatic heterocycles. The van der Waals surface area contributed by atoms with E-state index in [-0.39, 0.29) is 0 Å². The standard InChI is InChI=1S/C10H14N2O3S/c11-9(10(13)14)7-5-16-8(12-7)3-6-1-2-15-4-6/h5-6,9H,1-4,11H2,(H,13,14). The van der Waals surface area contributed by atoms with Crippen molar-refractivity contribution >= 4 is 17.3 Å². The molecule has 1 aliphatic rings. The van der Waals surface area contributed by atoms with E-state index in [0.717, 1.165) is 31.1 Å². The Kier molecular flexibility index (Phi) is 3.52. The molecule has 3 N–H and O–H groups in total. The van der Waals surface area contributed by atoms with Crippen molar-refractivity contribution in [2.45, 2.75) is 18.9 Å². The maximum absolute atomic E-state index is 10.7. The fourth-order valence-electron chi connectivity index (χ4n) is 1.68. The maximum Gasteiger partial charge on any atom is 0.326 e. The van der Waals surface area contributed by atoms with Crippen LogP contribution in [0.15, 0.2) is 5.38 Å². The number of aliphatic carboxylic acids is 1. The van der Waals surface area contributed by atoms with Crippen LogP contribution >= 0.6 is 11.3 Å². The Morgan fingerprint density at radius 3 is 3.25 bits per heavy atom. The summed E-state index contributed by atoms with van der Waals surface area (Å²) in [4.78, 5) is 14.9. The number of nitrogens with two attached hydrogens (primary N) is 1. The first kappa shape index (κ1) is 11.5. The number of rotatable bonds is 4. The summed E-state index contributed by atoms with van der Waals surface area (Å²) in [6.45, 7) is 1.59. The minimum atomic E-state index is -1.04. The van der Waals surface area contributed by atoms with Crippen LogP contribution in [-0.4, -0.2) is 29.3 Å². The Balaban J connectivity index is 1.98. The molecule has 5 nitrogen and oxygen atoms in total. The predicted octanol–water partition coefficient (Wildman–Crippen LogP) is 0.806. The fourth-order valence-corrected chi connectivity index (χ4v) is 2.63. The molecule has 88 valence electrons. The molecule has 0 bridgehead atoms. The number of carbonyl (C=O) groups is 1. The Hall–Kier alpha value is -0.980. The summed E-state index contributed by atoms with van der Waals surface area (Å²) in [5, 5.41) is 11.4. The van der Waals surface area contributed by atoms with Crippen molar-refractivity contribution in [2.75, 3.05) is 13.2 Å². The molecule has 2 atom stereocenters. The molecule has 1 aromatic heterocycles. The summed E-state index contributed by atoms with van der Waals surface area (Å²) in [6, 6.07) is -1.01. The van der Waals surface area contributed by atoms with Gasteiger partial charge in [0.25, 0.3) is 0 Å². The third-order valence-corrected chi connectivity index (χ3v) is 3.53. The molecule has 0 aromatic carbocycles. The third-order valence-electron chi connectivity index (χ3n) is 2.64. The molecule has 6 heteroatoms. The first-order valence-electron chi connectivity index (χ1n) is 5.17. The summed E-state index contributed by atoms with van der Waals surface area (Å²) >= 11 is 1.47. The van der Waals surface area contributed by atoms with Gasteiger partial charge in [0, 0.05) is 25.0 Å². The second-order valence-electron chi connectivity index (χ2n) is 3.92. The smallest absolute Gasteiger partial charge is 0.326 e. The van der Waals surface area contributed by atoms with Gasteiger partial charge in [-0.1, -0.05) is 0 Å². The summed E-state index contributed by atoms with van der Waals surface area (Å²) in [5.74, 6) is -0.527. The molecule has 0 radical (unpaired) electrons. The molecule has 1 aromatic rings. The van der Waals surface area contributed by atoms with Gasteiger partial charge in [0.05, 0.1) is 10.7 Å². The lowest BCUT2D eigenvalue weighted by Crippen LogP contribution is -2.21. The van der Waals surface area contributed by atoms with Gasteiger partial charge in [-0.25, -0.2) is 4.98 Å². The minimum Gasteiger partial charge on any atom is -0.480 e. The van der Waals surface area contributed by atoms with Crippen molar-refractivity contribution in [3.8, 4) is 0 Å². The van der Waals surface area contributed by atoms with Gasteiger partial charge in [-0.15, -0.1) is 11.3 Å². The second-order valence-corrected chi connectivity index (χ2v) is 4.86. The largest absolute Gasteiger partial charge is 0.480 e. The van der Waals surface area contributed by atoms with E-state index in [2.05, 4.69) is 4.98 Å². The molecule has 0 amide bonds. The summed E-state index contributed by atoms with van der Waals surface area (Å²) in [7, 11) is 0. The lowest BCUT2D eigenvalue weighted by Gasteiger charge is -2.03. The second kappa shape index (κ2) is 4.90. The normalized spacial score (nSPS) is 22.2. The van der Waals surface area contributed by atoms with Gasteiger partial charge in [0.2, 0.25) is 0 Å². The number of ether oxygens (including phenoxy) is 1. The van der Waals surface area contributed by atoms with Crippen molar-refractivity contribution in [1.29, 1.82) is 0 Å². The van der Waals surface area contributed by atoms with E-state index in [9.17, 15) is 4.79 Å². The van der Waals surface area contributed by atoms with Gasteiger partial charge in [0.1, 0.15) is 6.04 Å². The Bertz CT molecular complexity index is 374. The number of hydrogen-bond donors (Lipinski definition) is 2. The molecule has 16 heavy (non-hydrogen) atoms. The molecule has 0 aliphatic carbocycles. The van der Waals surface area contributed by atoms with Gasteiger partial charge in [-0.2, -0.15) is 0 Å². The summed E-state index contributed by atoms with van der Waals surface area (Å²) in [5.41, 5.74) is 5.93. The Morgan fingerprint density at radius 1 is 1.81 bits per heavy atom. The van der Waals surface area contributed by atoms with Crippen LogP contribution in [0.2, 0.25) is 0 Å². The van der Waals surface area contributed by atoms with Gasteiger partial charge < -0.3 is 15.6 Å². The van der Waals surface area contributed by atoms with E-state index in [4.69, 9.17) is 15.6 Å². The number of carboxylic acids is 1. The van der Waals surface area contributed by atoms with E-state index >= 15 is 0 Å². The number of carboxylic acid groups (broad SMARTS) is 1. The Morgan fingerprint density at radius 2 is 2.62 bits per heavy atom. The maximum atomic E-state index is 10.7. The van der Waals surface area contributed by atoms with Crippen molar-refractivity contribution in [1.82, 2.24) is 4.98 Å². The average Bonchev–Trinajstić information content (AvgIpc) is 2.88. The van der Waals surface area contributed by atoms with Crippen molar-refractivity contribution < 1.29 is 14.6 Å². The molecule has 0 saturated carbocycles. The van der Waals surface area contributed by atoms with Crippen LogP contribution in [0.4, 0.5) is 0 Å². The van der Waals surface area contributed by atoms with Crippen LogP contribution in [-0.2, 0) is 16.0 Å². The van der Waals surface area contributed by atoms with Crippen molar-refractivity contribution in [3.63, 3.8) is 0 Å². The van der Waals surface area contributed by atoms with Crippen LogP contribution in [0.1, 0.15) is 23.2 Å². The highest BCUT2D eigenvalue weighted by atomic mass is 32.1. The molecule has 2 unspecified atom stereocenters. The zero-order valence-corrected chi connectivity index (χ0v) is 9.57. The average molecular weight is 242 g/mol. The first-order valence-corrected chi connectivity index (χ1v) is 6.05. The minimum absolute atomic E-state index is 0.450. The van der Waals surface area contributed by atoms with Crippen LogP contribution < -0.4 is 5.73 Å². The molecule has 0 spiro atoms. The highest BCUT2D eigenvalue weighted by Crippen LogP contribution is 2.22. The molecule has 2 heterocycles. The molecule has 2 rings (SSSR count). The highest BCUT2D eigenvalue weighted by Gasteiger charge is 2.21. The van der Waals surface area contributed by atoms with Gasteiger partial charge in [-0.3, -0.25) is 4.79 Å². The number of aromatic nitrogens is 1. The number of hydrogen-bond acceptors (Lipinski definition) is 5. The SMILES string of the molecule is NC(C(=O)O)c1csc(CC2CCOC2)n1. The van der Waals surface area contributed by atoms with E-state index in [1.165, 1.54) is 11.3 Å². The zero-order valence-electron chi connectivity index (χ0n) is 8.76. The lowest BCUT2D eigenvalue weighted by molar-refractivity contribution is -0.138. The predicted molar refractivity (Wildman–Crippen MR) is 59.3 cm³/mol. The highest BCUT2D eigenvalue weighted by molar-refractivity contribution is 7.09. The van der Waals surface area contributed by atoms with Crippen LogP contribution in [0.5, 0.6) is 0 Å². The van der Waals surface area contributed by atoms with Crippen molar-refractivity contribution in [3.05, 3.63) is 16.1 Å². The Labute approximate surface area is 97.2 Å². The van der Waals surface area contributed by atoms with Gasteiger partial charge in [-0.05, 0) is 12.3 Å². The van der Waals surface area contributed by atoms with Crippen molar-refractivity contribution in [2.24, 2.45) is 11.7 Å². The van der Waals surface area contributed by atoms with Gasteiger partial charge >= 0.3 is 5.97 Å². The third kappa shape index (κ3) is 2.58. The number of nitrogens with zero attached hydrogens (tertiary/aromatic N) is 1. The molecular weight excluding hydrogens is 228 g/mol. The summed E-state index contributed by atoms with van der Waals surface area (Å²) < 4.78 is 5.28. The first-order chi connectivity index (χ1) is 7.66. The lowest BCUT2D eigenvalue weighted by atomic mass is 10.1.